The van der Waals surface area contributed by atoms with Gasteiger partial charge in [-0.3, -0.25) is 14.4 Å². The Hall–Kier alpha value is -3.39. The lowest BCUT2D eigenvalue weighted by atomic mass is 10.5. The summed E-state index contributed by atoms with van der Waals surface area (Å²) in [5.74, 6) is -1.01. The molecule has 1 aromatic heterocycles. The van der Waals surface area contributed by atoms with Crippen molar-refractivity contribution in [1.29, 1.82) is 0 Å². The summed E-state index contributed by atoms with van der Waals surface area (Å²) < 4.78 is 17.6. The molecule has 1 unspecified atom stereocenters. The molecule has 0 saturated heterocycles. The predicted molar refractivity (Wildman–Crippen MR) is 122 cm³/mol. The molecule has 34 heavy (non-hydrogen) atoms. The summed E-state index contributed by atoms with van der Waals surface area (Å²) in [6, 6.07) is -0.833. The SMILES string of the molecule is CC(=O)c1nc(N)co1.CCOC(=O)C(Cl)C=O.CCOC(=O)CCl.CCOC=O.NC(N)=O. The van der Waals surface area contributed by atoms with Crippen LogP contribution in [-0.4, -0.2) is 72.6 Å². The molecule has 0 fully saturated rings. The van der Waals surface area contributed by atoms with Crippen molar-refractivity contribution in [2.75, 3.05) is 31.4 Å². The number of urea groups is 1. The fraction of sp³-hybridized carbons (Fsp3) is 0.500. The fourth-order valence-corrected chi connectivity index (χ4v) is 1.13. The number of nitrogens with two attached hydrogens (primary N) is 3. The number of amides is 2. The lowest BCUT2D eigenvalue weighted by molar-refractivity contribution is -0.143. The number of anilines is 1. The molecule has 1 heterocycles. The van der Waals surface area contributed by atoms with Crippen LogP contribution in [0.2, 0.25) is 0 Å². The molecule has 0 saturated carbocycles. The second kappa shape index (κ2) is 27.6. The number of nitrogen functional groups attached to an aromatic ring is 1. The Morgan fingerprint density at radius 1 is 1.09 bits per heavy atom. The van der Waals surface area contributed by atoms with Crippen molar-refractivity contribution in [3.8, 4) is 0 Å². The van der Waals surface area contributed by atoms with Gasteiger partial charge in [-0.25, -0.2) is 9.59 Å². The average Bonchev–Trinajstić information content (AvgIpc) is 3.22. The third-order valence-corrected chi connectivity index (χ3v) is 2.60. The molecule has 1 atom stereocenters. The van der Waals surface area contributed by atoms with E-state index in [0.717, 1.165) is 0 Å². The number of primary amides is 2. The summed E-state index contributed by atoms with van der Waals surface area (Å²) in [5, 5.41) is -1.15. The molecule has 196 valence electrons. The van der Waals surface area contributed by atoms with Crippen LogP contribution in [0.5, 0.6) is 0 Å². The van der Waals surface area contributed by atoms with Crippen molar-refractivity contribution in [2.45, 2.75) is 33.1 Å². The van der Waals surface area contributed by atoms with Crippen LogP contribution in [-0.2, 0) is 33.4 Å². The van der Waals surface area contributed by atoms with Gasteiger partial charge in [0.2, 0.25) is 5.78 Å². The van der Waals surface area contributed by atoms with Gasteiger partial charge < -0.3 is 40.6 Å². The number of carbonyl (C=O) groups is 6. The number of carbonyl (C=O) groups excluding carboxylic acids is 6. The highest BCUT2D eigenvalue weighted by molar-refractivity contribution is 6.37. The van der Waals surface area contributed by atoms with Crippen LogP contribution in [0.4, 0.5) is 10.6 Å². The van der Waals surface area contributed by atoms with Crippen molar-refractivity contribution in [3.63, 3.8) is 0 Å². The summed E-state index contributed by atoms with van der Waals surface area (Å²) in [6.45, 7) is 8.07. The largest absolute Gasteiger partial charge is 0.468 e. The number of halogens is 2. The Morgan fingerprint density at radius 3 is 1.76 bits per heavy atom. The standard InChI is InChI=1S/C5H7ClO3.C5H6N2O2.C4H7ClO2.C3H6O2.CH4N2O/c1-2-9-5(8)4(6)3-7;1-3(8)5-7-4(6)2-9-5;1-2-7-4(6)3-5;1-2-5-3-4;2-1(3)4/h3-4H,2H2,1H3;2H,6H2,1H3;2-3H2,1H3;3H,2H2,1H3;(H4,2,3,4). The van der Waals surface area contributed by atoms with E-state index in [9.17, 15) is 24.0 Å². The van der Waals surface area contributed by atoms with Crippen LogP contribution in [0.25, 0.3) is 0 Å². The van der Waals surface area contributed by atoms with Gasteiger partial charge in [-0.1, -0.05) is 0 Å². The smallest absolute Gasteiger partial charge is 0.331 e. The molecule has 0 bridgehead atoms. The number of ketones is 1. The zero-order valence-electron chi connectivity index (χ0n) is 19.2. The van der Waals surface area contributed by atoms with Gasteiger partial charge in [-0.15, -0.1) is 23.2 Å². The Balaban J connectivity index is -0.000000171. The Kier molecular flexibility index (Phi) is 30.8. The van der Waals surface area contributed by atoms with E-state index in [1.165, 1.54) is 13.2 Å². The number of aldehydes is 1. The molecule has 1 aromatic rings. The first-order chi connectivity index (χ1) is 15.9. The summed E-state index contributed by atoms with van der Waals surface area (Å²) in [5.41, 5.74) is 13.7. The monoisotopic (exact) mass is 532 g/mol. The minimum Gasteiger partial charge on any atom is -0.468 e. The molecule has 0 aromatic carbocycles. The predicted octanol–water partition coefficient (Wildman–Crippen LogP) is 0.807. The molecular weight excluding hydrogens is 503 g/mol. The number of hydrogen-bond acceptors (Lipinski definition) is 12. The number of alkyl halides is 2. The molecule has 6 N–H and O–H groups in total. The molecule has 16 heteroatoms. The Labute approximate surface area is 206 Å². The third-order valence-electron chi connectivity index (χ3n) is 2.10. The summed E-state index contributed by atoms with van der Waals surface area (Å²) in [7, 11) is 0. The molecule has 0 radical (unpaired) electrons. The van der Waals surface area contributed by atoms with Crippen LogP contribution in [0.3, 0.4) is 0 Å². The zero-order chi connectivity index (χ0) is 27.5. The lowest BCUT2D eigenvalue weighted by Gasteiger charge is -1.99. The third kappa shape index (κ3) is 33.3. The molecule has 1 rings (SSSR count). The van der Waals surface area contributed by atoms with Crippen molar-refractivity contribution in [3.05, 3.63) is 12.2 Å². The van der Waals surface area contributed by atoms with Gasteiger partial charge in [-0.05, 0) is 20.8 Å². The van der Waals surface area contributed by atoms with Crippen molar-refractivity contribution in [1.82, 2.24) is 4.98 Å². The molecule has 0 aliphatic heterocycles. The van der Waals surface area contributed by atoms with Crippen molar-refractivity contribution >= 4 is 65.5 Å². The molecular formula is C18H30Cl2N4O10. The van der Waals surface area contributed by atoms with E-state index in [1.54, 1.807) is 20.8 Å². The van der Waals surface area contributed by atoms with Crippen LogP contribution in [0.1, 0.15) is 38.4 Å². The van der Waals surface area contributed by atoms with E-state index in [2.05, 4.69) is 35.1 Å². The summed E-state index contributed by atoms with van der Waals surface area (Å²) in [6.07, 6.45) is 1.57. The highest BCUT2D eigenvalue weighted by Crippen LogP contribution is 2.02. The number of nitrogens with zero attached hydrogens (tertiary/aromatic N) is 1. The first kappa shape index (κ1) is 37.9. The van der Waals surface area contributed by atoms with E-state index in [1.807, 2.05) is 0 Å². The Bertz CT molecular complexity index is 713. The quantitative estimate of drug-likeness (QED) is 0.105. The number of esters is 2. The second-order valence-corrected chi connectivity index (χ2v) is 5.55. The molecule has 14 nitrogen and oxygen atoms in total. The molecule has 2 amide bonds. The highest BCUT2D eigenvalue weighted by atomic mass is 35.5. The fourth-order valence-electron chi connectivity index (χ4n) is 0.993. The van der Waals surface area contributed by atoms with E-state index in [4.69, 9.17) is 33.7 Å². The normalized spacial score (nSPS) is 9.12. The van der Waals surface area contributed by atoms with Gasteiger partial charge in [0.1, 0.15) is 18.4 Å². The number of hydrogen-bond donors (Lipinski definition) is 3. The first-order valence-corrected chi connectivity index (χ1v) is 10.1. The first-order valence-electron chi connectivity index (χ1n) is 9.17. The van der Waals surface area contributed by atoms with Gasteiger partial charge in [0.05, 0.1) is 19.8 Å². The second-order valence-electron chi connectivity index (χ2n) is 4.82. The maximum atomic E-state index is 10.4. The molecule has 0 aliphatic carbocycles. The van der Waals surface area contributed by atoms with Gasteiger partial charge in [-0.2, -0.15) is 4.98 Å². The zero-order valence-corrected chi connectivity index (χ0v) is 20.7. The Morgan fingerprint density at radius 2 is 1.59 bits per heavy atom. The van der Waals surface area contributed by atoms with E-state index in [-0.39, 0.29) is 35.9 Å². The maximum Gasteiger partial charge on any atom is 0.331 e. The number of aromatic nitrogens is 1. The van der Waals surface area contributed by atoms with Crippen molar-refractivity contribution in [2.24, 2.45) is 11.5 Å². The van der Waals surface area contributed by atoms with E-state index >= 15 is 0 Å². The lowest BCUT2D eigenvalue weighted by Crippen LogP contribution is -2.18. The van der Waals surface area contributed by atoms with Gasteiger partial charge in [0, 0.05) is 6.92 Å². The van der Waals surface area contributed by atoms with Gasteiger partial charge >= 0.3 is 18.0 Å². The minimum absolute atomic E-state index is 0.0478. The topological polar surface area (TPSA) is 234 Å². The molecule has 0 spiro atoms. The maximum absolute atomic E-state index is 10.4. The average molecular weight is 533 g/mol. The van der Waals surface area contributed by atoms with Crippen LogP contribution in [0, 0.1) is 0 Å². The highest BCUT2D eigenvalue weighted by Gasteiger charge is 2.13. The summed E-state index contributed by atoms with van der Waals surface area (Å²) in [4.78, 5) is 62.4. The van der Waals surface area contributed by atoms with Crippen LogP contribution < -0.4 is 17.2 Å². The number of ether oxygens (including phenoxy) is 3. The minimum atomic E-state index is -1.15. The van der Waals surface area contributed by atoms with E-state index in [0.29, 0.717) is 26.0 Å². The van der Waals surface area contributed by atoms with Crippen LogP contribution in [0.15, 0.2) is 10.7 Å². The number of rotatable bonds is 8. The summed E-state index contributed by atoms with van der Waals surface area (Å²) >= 11 is 10.2. The van der Waals surface area contributed by atoms with Gasteiger partial charge in [0.25, 0.3) is 12.4 Å². The number of oxazole rings is 1. The van der Waals surface area contributed by atoms with Crippen molar-refractivity contribution < 1.29 is 47.4 Å². The van der Waals surface area contributed by atoms with E-state index < -0.39 is 17.4 Å². The van der Waals surface area contributed by atoms with Gasteiger partial charge in [0.15, 0.2) is 11.2 Å². The number of Topliss-reactive ketones (excluding diaryl/α,β-unsaturated/α-hetero) is 1. The van der Waals surface area contributed by atoms with Crippen LogP contribution >= 0.6 is 23.2 Å². The molecule has 0 aliphatic rings.